The van der Waals surface area contributed by atoms with Crippen LogP contribution < -0.4 is 0 Å². The SMILES string of the molecule is CC(CC(Cc1cccs1)[N+](=O)[O-])C(=O)O. The van der Waals surface area contributed by atoms with E-state index in [0.29, 0.717) is 6.42 Å². The van der Waals surface area contributed by atoms with E-state index in [2.05, 4.69) is 0 Å². The van der Waals surface area contributed by atoms with Crippen molar-refractivity contribution in [2.75, 3.05) is 0 Å². The van der Waals surface area contributed by atoms with Crippen LogP contribution in [-0.4, -0.2) is 22.0 Å². The zero-order chi connectivity index (χ0) is 12.1. The number of thiophene rings is 1. The van der Waals surface area contributed by atoms with Crippen LogP contribution >= 0.6 is 11.3 Å². The molecule has 1 aromatic heterocycles. The lowest BCUT2D eigenvalue weighted by molar-refractivity contribution is -0.523. The quantitative estimate of drug-likeness (QED) is 0.612. The lowest BCUT2D eigenvalue weighted by Gasteiger charge is -2.11. The molecule has 0 spiro atoms. The third-order valence-electron chi connectivity index (χ3n) is 2.36. The molecule has 0 saturated carbocycles. The molecule has 2 atom stereocenters. The Balaban J connectivity index is 2.61. The number of carboxylic acids is 1. The molecule has 0 fully saturated rings. The number of aliphatic carboxylic acids is 1. The van der Waals surface area contributed by atoms with Crippen LogP contribution in [0.25, 0.3) is 0 Å². The van der Waals surface area contributed by atoms with E-state index in [1.165, 1.54) is 18.3 Å². The van der Waals surface area contributed by atoms with Crippen molar-refractivity contribution in [3.63, 3.8) is 0 Å². The number of carboxylic acid groups (broad SMARTS) is 1. The first kappa shape index (κ1) is 12.6. The van der Waals surface area contributed by atoms with E-state index in [4.69, 9.17) is 5.11 Å². The molecule has 0 amide bonds. The highest BCUT2D eigenvalue weighted by Crippen LogP contribution is 2.17. The predicted molar refractivity (Wildman–Crippen MR) is 60.2 cm³/mol. The number of hydrogen-bond donors (Lipinski definition) is 1. The highest BCUT2D eigenvalue weighted by atomic mass is 32.1. The first-order chi connectivity index (χ1) is 7.50. The van der Waals surface area contributed by atoms with Crippen LogP contribution in [-0.2, 0) is 11.2 Å². The minimum Gasteiger partial charge on any atom is -0.481 e. The molecule has 1 rings (SSSR count). The summed E-state index contributed by atoms with van der Waals surface area (Å²) in [4.78, 5) is 22.0. The van der Waals surface area contributed by atoms with Gasteiger partial charge >= 0.3 is 5.97 Å². The molecule has 16 heavy (non-hydrogen) atoms. The molecule has 0 aliphatic rings. The summed E-state index contributed by atoms with van der Waals surface area (Å²) in [6.07, 6.45) is 0.377. The van der Waals surface area contributed by atoms with E-state index in [1.54, 1.807) is 0 Å². The second-order valence-electron chi connectivity index (χ2n) is 3.70. The average Bonchev–Trinajstić information content (AvgIpc) is 2.68. The molecule has 1 N–H and O–H groups in total. The van der Waals surface area contributed by atoms with Crippen LogP contribution in [0.15, 0.2) is 17.5 Å². The molecule has 2 unspecified atom stereocenters. The van der Waals surface area contributed by atoms with Gasteiger partial charge in [-0.25, -0.2) is 0 Å². The molecule has 6 heteroatoms. The van der Waals surface area contributed by atoms with Crippen molar-refractivity contribution in [1.82, 2.24) is 0 Å². The lowest BCUT2D eigenvalue weighted by atomic mass is 9.99. The second kappa shape index (κ2) is 5.60. The van der Waals surface area contributed by atoms with Gasteiger partial charge in [-0.1, -0.05) is 13.0 Å². The number of nitro groups is 1. The van der Waals surface area contributed by atoms with E-state index < -0.39 is 17.9 Å². The van der Waals surface area contributed by atoms with Crippen LogP contribution in [0.1, 0.15) is 18.2 Å². The summed E-state index contributed by atoms with van der Waals surface area (Å²) >= 11 is 1.45. The maximum absolute atomic E-state index is 10.8. The van der Waals surface area contributed by atoms with Gasteiger partial charge in [0.1, 0.15) is 0 Å². The fourth-order valence-corrected chi connectivity index (χ4v) is 2.19. The van der Waals surface area contributed by atoms with E-state index in [1.807, 2.05) is 17.5 Å². The topological polar surface area (TPSA) is 80.4 Å². The van der Waals surface area contributed by atoms with Gasteiger partial charge in [0.2, 0.25) is 6.04 Å². The third kappa shape index (κ3) is 3.62. The average molecular weight is 243 g/mol. The van der Waals surface area contributed by atoms with Crippen molar-refractivity contribution >= 4 is 17.3 Å². The molecule has 0 aliphatic carbocycles. The summed E-state index contributed by atoms with van der Waals surface area (Å²) in [6, 6.07) is 2.84. The molecule has 5 nitrogen and oxygen atoms in total. The van der Waals surface area contributed by atoms with Crippen LogP contribution in [0.4, 0.5) is 0 Å². The highest BCUT2D eigenvalue weighted by Gasteiger charge is 2.26. The summed E-state index contributed by atoms with van der Waals surface area (Å²) in [5.41, 5.74) is 0. The lowest BCUT2D eigenvalue weighted by Crippen LogP contribution is -2.27. The van der Waals surface area contributed by atoms with Gasteiger partial charge in [0.15, 0.2) is 0 Å². The fraction of sp³-hybridized carbons (Fsp3) is 0.500. The third-order valence-corrected chi connectivity index (χ3v) is 3.26. The summed E-state index contributed by atoms with van der Waals surface area (Å²) < 4.78 is 0. The molecule has 0 saturated heterocycles. The maximum Gasteiger partial charge on any atom is 0.306 e. The molecule has 0 bridgehead atoms. The van der Waals surface area contributed by atoms with Crippen LogP contribution in [0.5, 0.6) is 0 Å². The number of rotatable bonds is 6. The fourth-order valence-electron chi connectivity index (χ4n) is 1.41. The van der Waals surface area contributed by atoms with Gasteiger partial charge in [-0.15, -0.1) is 11.3 Å². The molecule has 1 heterocycles. The van der Waals surface area contributed by atoms with E-state index in [-0.39, 0.29) is 11.3 Å². The molecule has 0 aliphatic heterocycles. The van der Waals surface area contributed by atoms with E-state index >= 15 is 0 Å². The van der Waals surface area contributed by atoms with Crippen molar-refractivity contribution in [2.45, 2.75) is 25.8 Å². The van der Waals surface area contributed by atoms with E-state index in [0.717, 1.165) is 4.88 Å². The Morgan fingerprint density at radius 3 is 2.81 bits per heavy atom. The number of nitrogens with zero attached hydrogens (tertiary/aromatic N) is 1. The Hall–Kier alpha value is -1.43. The molecular weight excluding hydrogens is 230 g/mol. The molecule has 0 aromatic carbocycles. The minimum atomic E-state index is -0.988. The molecular formula is C10H13NO4S. The maximum atomic E-state index is 10.8. The highest BCUT2D eigenvalue weighted by molar-refractivity contribution is 7.09. The van der Waals surface area contributed by atoms with Gasteiger partial charge in [0, 0.05) is 22.6 Å². The second-order valence-corrected chi connectivity index (χ2v) is 4.73. The van der Waals surface area contributed by atoms with Crippen molar-refractivity contribution in [2.24, 2.45) is 5.92 Å². The summed E-state index contributed by atoms with van der Waals surface area (Å²) in [5.74, 6) is -1.67. The van der Waals surface area contributed by atoms with Crippen LogP contribution in [0, 0.1) is 16.0 Å². The van der Waals surface area contributed by atoms with Crippen molar-refractivity contribution < 1.29 is 14.8 Å². The van der Waals surface area contributed by atoms with Gasteiger partial charge in [-0.05, 0) is 11.4 Å². The summed E-state index contributed by atoms with van der Waals surface area (Å²) in [6.45, 7) is 1.49. The monoisotopic (exact) mass is 243 g/mol. The smallest absolute Gasteiger partial charge is 0.306 e. The van der Waals surface area contributed by atoms with Crippen molar-refractivity contribution in [1.29, 1.82) is 0 Å². The number of hydrogen-bond acceptors (Lipinski definition) is 4. The Labute approximate surface area is 96.9 Å². The Kier molecular flexibility index (Phi) is 4.42. The zero-order valence-electron chi connectivity index (χ0n) is 8.83. The first-order valence-corrected chi connectivity index (χ1v) is 5.77. The molecule has 1 aromatic rings. The predicted octanol–water partition coefficient (Wildman–Crippen LogP) is 2.05. The molecule has 88 valence electrons. The first-order valence-electron chi connectivity index (χ1n) is 4.89. The van der Waals surface area contributed by atoms with Gasteiger partial charge in [-0.2, -0.15) is 0 Å². The van der Waals surface area contributed by atoms with Gasteiger partial charge in [0.05, 0.1) is 5.92 Å². The Bertz CT molecular complexity index is 363. The summed E-state index contributed by atoms with van der Waals surface area (Å²) in [5, 5.41) is 21.4. The minimum absolute atomic E-state index is 0.0697. The van der Waals surface area contributed by atoms with Crippen LogP contribution in [0.3, 0.4) is 0 Å². The van der Waals surface area contributed by atoms with Crippen molar-refractivity contribution in [3.05, 3.63) is 32.5 Å². The zero-order valence-corrected chi connectivity index (χ0v) is 9.64. The van der Waals surface area contributed by atoms with Crippen molar-refractivity contribution in [3.8, 4) is 0 Å². The van der Waals surface area contributed by atoms with Gasteiger partial charge in [0.25, 0.3) is 0 Å². The number of carbonyl (C=O) groups is 1. The largest absolute Gasteiger partial charge is 0.481 e. The standard InChI is InChI=1S/C10H13NO4S/c1-7(10(12)13)5-8(11(14)15)6-9-3-2-4-16-9/h2-4,7-8H,5-6H2,1H3,(H,12,13). The van der Waals surface area contributed by atoms with E-state index in [9.17, 15) is 14.9 Å². The normalized spacial score (nSPS) is 14.3. The molecule has 0 radical (unpaired) electrons. The van der Waals surface area contributed by atoms with Crippen LogP contribution in [0.2, 0.25) is 0 Å². The Morgan fingerprint density at radius 1 is 1.69 bits per heavy atom. The van der Waals surface area contributed by atoms with Gasteiger partial charge < -0.3 is 5.11 Å². The summed E-state index contributed by atoms with van der Waals surface area (Å²) in [7, 11) is 0. The van der Waals surface area contributed by atoms with Gasteiger partial charge in [-0.3, -0.25) is 14.9 Å². The Morgan fingerprint density at radius 2 is 2.38 bits per heavy atom.